The van der Waals surface area contributed by atoms with Gasteiger partial charge in [-0.15, -0.1) is 0 Å². The number of aryl methyl sites for hydroxylation is 1. The highest BCUT2D eigenvalue weighted by atomic mass is 32.2. The van der Waals surface area contributed by atoms with E-state index >= 15 is 0 Å². The standard InChI is InChI=1S/C11H16N2O2S/c1-9-4-5-10(12)11(8-9)13-6-2-3-7-16(13,14)15/h4-5,8H,2-3,6-7,12H2,1H3. The predicted octanol–water partition coefficient (Wildman–Crippen LogP) is 1.51. The second-order valence-electron chi connectivity index (χ2n) is 4.16. The van der Waals surface area contributed by atoms with Crippen molar-refractivity contribution < 1.29 is 8.42 Å². The molecule has 0 radical (unpaired) electrons. The van der Waals surface area contributed by atoms with Gasteiger partial charge in [0, 0.05) is 6.54 Å². The van der Waals surface area contributed by atoms with E-state index in [1.165, 1.54) is 4.31 Å². The van der Waals surface area contributed by atoms with E-state index in [-0.39, 0.29) is 5.75 Å². The minimum absolute atomic E-state index is 0.223. The highest BCUT2D eigenvalue weighted by molar-refractivity contribution is 7.92. The number of nitrogen functional groups attached to an aromatic ring is 1. The molecule has 2 rings (SSSR count). The zero-order chi connectivity index (χ0) is 11.8. The van der Waals surface area contributed by atoms with Crippen LogP contribution in [0, 0.1) is 6.92 Å². The number of nitrogens with zero attached hydrogens (tertiary/aromatic N) is 1. The molecule has 2 N–H and O–H groups in total. The smallest absolute Gasteiger partial charge is 0.235 e. The molecular weight excluding hydrogens is 224 g/mol. The molecule has 1 aliphatic rings. The summed E-state index contributed by atoms with van der Waals surface area (Å²) in [7, 11) is -3.16. The average molecular weight is 240 g/mol. The number of benzene rings is 1. The van der Waals surface area contributed by atoms with Crippen LogP contribution in [0.25, 0.3) is 0 Å². The molecule has 0 atom stereocenters. The Morgan fingerprint density at radius 2 is 2.06 bits per heavy atom. The molecule has 0 aromatic heterocycles. The first-order valence-corrected chi connectivity index (χ1v) is 6.98. The van der Waals surface area contributed by atoms with Gasteiger partial charge in [-0.25, -0.2) is 8.42 Å². The van der Waals surface area contributed by atoms with Gasteiger partial charge in [0.2, 0.25) is 10.0 Å². The Labute approximate surface area is 96.1 Å². The maximum absolute atomic E-state index is 11.9. The lowest BCUT2D eigenvalue weighted by Gasteiger charge is -2.29. The van der Waals surface area contributed by atoms with Gasteiger partial charge in [0.05, 0.1) is 17.1 Å². The lowest BCUT2D eigenvalue weighted by Crippen LogP contribution is -2.38. The molecule has 0 saturated carbocycles. The number of hydrogen-bond acceptors (Lipinski definition) is 3. The van der Waals surface area contributed by atoms with Crippen LogP contribution in [0.4, 0.5) is 11.4 Å². The summed E-state index contributed by atoms with van der Waals surface area (Å²) in [6.07, 6.45) is 1.64. The first-order chi connectivity index (χ1) is 7.50. The number of nitrogens with two attached hydrogens (primary N) is 1. The fraction of sp³-hybridized carbons (Fsp3) is 0.455. The third kappa shape index (κ3) is 2.00. The van der Waals surface area contributed by atoms with Crippen LogP contribution in [-0.4, -0.2) is 20.7 Å². The first kappa shape index (κ1) is 11.3. The lowest BCUT2D eigenvalue weighted by atomic mass is 10.2. The maximum atomic E-state index is 11.9. The number of hydrogen-bond donors (Lipinski definition) is 1. The minimum Gasteiger partial charge on any atom is -0.397 e. The van der Waals surface area contributed by atoms with Gasteiger partial charge in [-0.3, -0.25) is 4.31 Å². The summed E-state index contributed by atoms with van der Waals surface area (Å²) < 4.78 is 25.3. The van der Waals surface area contributed by atoms with Gasteiger partial charge in [-0.05, 0) is 37.5 Å². The Hall–Kier alpha value is -1.23. The van der Waals surface area contributed by atoms with Gasteiger partial charge in [-0.2, -0.15) is 0 Å². The third-order valence-electron chi connectivity index (χ3n) is 2.80. The van der Waals surface area contributed by atoms with Crippen molar-refractivity contribution in [1.82, 2.24) is 0 Å². The van der Waals surface area contributed by atoms with Crippen molar-refractivity contribution in [3.8, 4) is 0 Å². The van der Waals surface area contributed by atoms with Crippen LogP contribution < -0.4 is 10.0 Å². The Kier molecular flexibility index (Phi) is 2.80. The van der Waals surface area contributed by atoms with E-state index in [1.807, 2.05) is 19.1 Å². The minimum atomic E-state index is -3.16. The van der Waals surface area contributed by atoms with Gasteiger partial charge in [0.15, 0.2) is 0 Å². The Bertz CT molecular complexity index is 497. The zero-order valence-electron chi connectivity index (χ0n) is 9.31. The summed E-state index contributed by atoms with van der Waals surface area (Å²) >= 11 is 0. The molecule has 88 valence electrons. The van der Waals surface area contributed by atoms with Crippen LogP contribution in [0.15, 0.2) is 18.2 Å². The molecule has 0 aliphatic carbocycles. The van der Waals surface area contributed by atoms with Crippen molar-refractivity contribution in [2.75, 3.05) is 22.3 Å². The van der Waals surface area contributed by atoms with E-state index in [1.54, 1.807) is 6.07 Å². The molecule has 1 aliphatic heterocycles. The molecule has 0 unspecified atom stereocenters. The lowest BCUT2D eigenvalue weighted by molar-refractivity contribution is 0.574. The van der Waals surface area contributed by atoms with Gasteiger partial charge >= 0.3 is 0 Å². The van der Waals surface area contributed by atoms with Gasteiger partial charge in [0.1, 0.15) is 0 Å². The number of sulfonamides is 1. The monoisotopic (exact) mass is 240 g/mol. The molecule has 1 fully saturated rings. The fourth-order valence-electron chi connectivity index (χ4n) is 1.93. The number of anilines is 2. The summed E-state index contributed by atoms with van der Waals surface area (Å²) in [4.78, 5) is 0. The summed E-state index contributed by atoms with van der Waals surface area (Å²) in [5, 5.41) is 0. The Morgan fingerprint density at radius 1 is 1.31 bits per heavy atom. The third-order valence-corrected chi connectivity index (χ3v) is 4.66. The quantitative estimate of drug-likeness (QED) is 0.757. The molecule has 1 saturated heterocycles. The average Bonchev–Trinajstić information content (AvgIpc) is 2.22. The van der Waals surface area contributed by atoms with E-state index in [2.05, 4.69) is 0 Å². The first-order valence-electron chi connectivity index (χ1n) is 5.37. The van der Waals surface area contributed by atoms with E-state index in [9.17, 15) is 8.42 Å². The predicted molar refractivity (Wildman–Crippen MR) is 66.0 cm³/mol. The molecule has 5 heteroatoms. The SMILES string of the molecule is Cc1ccc(N)c(N2CCCCS2(=O)=O)c1. The zero-order valence-corrected chi connectivity index (χ0v) is 10.1. The largest absolute Gasteiger partial charge is 0.397 e. The Morgan fingerprint density at radius 3 is 2.75 bits per heavy atom. The fourth-order valence-corrected chi connectivity index (χ4v) is 3.58. The van der Waals surface area contributed by atoms with Crippen molar-refractivity contribution in [3.63, 3.8) is 0 Å². The molecule has 1 aromatic rings. The topological polar surface area (TPSA) is 63.4 Å². The van der Waals surface area contributed by atoms with Gasteiger partial charge in [-0.1, -0.05) is 6.07 Å². The van der Waals surface area contributed by atoms with Crippen molar-refractivity contribution in [2.24, 2.45) is 0 Å². The molecule has 0 spiro atoms. The molecule has 1 heterocycles. The van der Waals surface area contributed by atoms with Crippen LogP contribution in [0.5, 0.6) is 0 Å². The highest BCUT2D eigenvalue weighted by Gasteiger charge is 2.27. The van der Waals surface area contributed by atoms with E-state index < -0.39 is 10.0 Å². The van der Waals surface area contributed by atoms with E-state index in [0.717, 1.165) is 18.4 Å². The normalized spacial score (nSPS) is 19.7. The van der Waals surface area contributed by atoms with Crippen LogP contribution in [0.1, 0.15) is 18.4 Å². The molecule has 16 heavy (non-hydrogen) atoms. The van der Waals surface area contributed by atoms with Crippen LogP contribution >= 0.6 is 0 Å². The van der Waals surface area contributed by atoms with Gasteiger partial charge < -0.3 is 5.73 Å². The maximum Gasteiger partial charge on any atom is 0.235 e. The van der Waals surface area contributed by atoms with Gasteiger partial charge in [0.25, 0.3) is 0 Å². The van der Waals surface area contributed by atoms with E-state index in [0.29, 0.717) is 17.9 Å². The molecule has 0 bridgehead atoms. The van der Waals surface area contributed by atoms with Crippen molar-refractivity contribution in [1.29, 1.82) is 0 Å². The molecule has 4 nitrogen and oxygen atoms in total. The molecule has 1 aromatic carbocycles. The van der Waals surface area contributed by atoms with Crippen LogP contribution in [-0.2, 0) is 10.0 Å². The molecule has 0 amide bonds. The van der Waals surface area contributed by atoms with Crippen molar-refractivity contribution in [2.45, 2.75) is 19.8 Å². The second-order valence-corrected chi connectivity index (χ2v) is 6.17. The highest BCUT2D eigenvalue weighted by Crippen LogP contribution is 2.29. The number of rotatable bonds is 1. The van der Waals surface area contributed by atoms with Crippen molar-refractivity contribution in [3.05, 3.63) is 23.8 Å². The summed E-state index contributed by atoms with van der Waals surface area (Å²) in [6, 6.07) is 5.47. The summed E-state index contributed by atoms with van der Waals surface area (Å²) in [6.45, 7) is 2.47. The van der Waals surface area contributed by atoms with E-state index in [4.69, 9.17) is 5.73 Å². The summed E-state index contributed by atoms with van der Waals surface area (Å²) in [5.41, 5.74) is 8.00. The Balaban J connectivity index is 2.46. The molecular formula is C11H16N2O2S. The van der Waals surface area contributed by atoms with Crippen LogP contribution in [0.3, 0.4) is 0 Å². The van der Waals surface area contributed by atoms with Crippen LogP contribution in [0.2, 0.25) is 0 Å². The second kappa shape index (κ2) is 3.97. The summed E-state index contributed by atoms with van der Waals surface area (Å²) in [5.74, 6) is 0.223. The van der Waals surface area contributed by atoms with Crippen molar-refractivity contribution >= 4 is 21.4 Å².